The highest BCUT2D eigenvalue weighted by Crippen LogP contribution is 2.21. The molecule has 2 aromatic carbocycles. The highest BCUT2D eigenvalue weighted by Gasteiger charge is 2.21. The van der Waals surface area contributed by atoms with E-state index < -0.39 is 0 Å². The van der Waals surface area contributed by atoms with Crippen LogP contribution in [0.15, 0.2) is 48.5 Å². The first-order valence-electron chi connectivity index (χ1n) is 9.85. The van der Waals surface area contributed by atoms with Gasteiger partial charge in [0.25, 0.3) is 0 Å². The summed E-state index contributed by atoms with van der Waals surface area (Å²) in [7, 11) is 1.59. The summed E-state index contributed by atoms with van der Waals surface area (Å²) in [5, 5.41) is 3.37. The van der Waals surface area contributed by atoms with Crippen molar-refractivity contribution in [1.29, 1.82) is 0 Å². The zero-order chi connectivity index (χ0) is 21.5. The van der Waals surface area contributed by atoms with E-state index in [4.69, 9.17) is 16.3 Å². The predicted molar refractivity (Wildman–Crippen MR) is 120 cm³/mol. The van der Waals surface area contributed by atoms with Gasteiger partial charge in [-0.1, -0.05) is 23.2 Å². The number of nitrogens with one attached hydrogen (secondary N) is 1. The van der Waals surface area contributed by atoms with Gasteiger partial charge in [-0.25, -0.2) is 0 Å². The van der Waals surface area contributed by atoms with Crippen LogP contribution >= 0.6 is 11.6 Å². The molecular weight excluding hydrogens is 402 g/mol. The molecule has 6 nitrogen and oxygen atoms in total. The van der Waals surface area contributed by atoms with Gasteiger partial charge in [0.1, 0.15) is 5.75 Å². The molecule has 1 fully saturated rings. The molecule has 1 saturated heterocycles. The van der Waals surface area contributed by atoms with E-state index in [0.29, 0.717) is 23.9 Å². The van der Waals surface area contributed by atoms with E-state index in [9.17, 15) is 9.59 Å². The highest BCUT2D eigenvalue weighted by molar-refractivity contribution is 6.30. The number of rotatable bonds is 6. The van der Waals surface area contributed by atoms with Crippen molar-refractivity contribution in [3.05, 3.63) is 64.7 Å². The van der Waals surface area contributed by atoms with Crippen molar-refractivity contribution in [2.24, 2.45) is 0 Å². The molecule has 0 aromatic heterocycles. The SMILES string of the molecule is COc1ccc(C)cc1/C=C/C(=O)NCC(=O)N1CCN(c2ccc(Cl)cc2)CC1. The van der Waals surface area contributed by atoms with Crippen molar-refractivity contribution in [2.45, 2.75) is 6.92 Å². The van der Waals surface area contributed by atoms with Gasteiger partial charge in [0.2, 0.25) is 11.8 Å². The van der Waals surface area contributed by atoms with E-state index in [1.54, 1.807) is 18.1 Å². The van der Waals surface area contributed by atoms with Crippen LogP contribution in [0.4, 0.5) is 5.69 Å². The van der Waals surface area contributed by atoms with Gasteiger partial charge in [0.15, 0.2) is 0 Å². The van der Waals surface area contributed by atoms with E-state index in [2.05, 4.69) is 10.2 Å². The summed E-state index contributed by atoms with van der Waals surface area (Å²) in [6, 6.07) is 13.4. The fourth-order valence-electron chi connectivity index (χ4n) is 3.35. The summed E-state index contributed by atoms with van der Waals surface area (Å²) in [6.07, 6.45) is 3.11. The van der Waals surface area contributed by atoms with Crippen molar-refractivity contribution in [3.8, 4) is 5.75 Å². The van der Waals surface area contributed by atoms with Gasteiger partial charge in [-0.05, 0) is 49.4 Å². The molecule has 7 heteroatoms. The molecule has 158 valence electrons. The molecule has 3 rings (SSSR count). The molecule has 1 heterocycles. The number of methoxy groups -OCH3 is 1. The Labute approximate surface area is 182 Å². The van der Waals surface area contributed by atoms with Crippen molar-refractivity contribution in [2.75, 3.05) is 44.7 Å². The van der Waals surface area contributed by atoms with Gasteiger partial charge < -0.3 is 19.9 Å². The Balaban J connectivity index is 1.46. The molecule has 2 amide bonds. The number of hydrogen-bond donors (Lipinski definition) is 1. The van der Waals surface area contributed by atoms with Crippen molar-refractivity contribution in [3.63, 3.8) is 0 Å². The molecule has 1 N–H and O–H groups in total. The fraction of sp³-hybridized carbons (Fsp3) is 0.304. The molecule has 0 aliphatic carbocycles. The van der Waals surface area contributed by atoms with E-state index in [1.807, 2.05) is 49.4 Å². The average Bonchev–Trinajstić information content (AvgIpc) is 2.76. The van der Waals surface area contributed by atoms with Gasteiger partial charge in [-0.15, -0.1) is 0 Å². The minimum Gasteiger partial charge on any atom is -0.496 e. The Hall–Kier alpha value is -2.99. The lowest BCUT2D eigenvalue weighted by molar-refractivity contribution is -0.132. The van der Waals surface area contributed by atoms with E-state index in [-0.39, 0.29) is 18.4 Å². The summed E-state index contributed by atoms with van der Waals surface area (Å²) >= 11 is 5.94. The Morgan fingerprint density at radius 1 is 1.10 bits per heavy atom. The number of ether oxygens (including phenoxy) is 1. The van der Waals surface area contributed by atoms with Crippen LogP contribution in [0, 0.1) is 6.92 Å². The van der Waals surface area contributed by atoms with E-state index in [0.717, 1.165) is 29.9 Å². The number of carbonyl (C=O) groups is 2. The largest absolute Gasteiger partial charge is 0.496 e. The molecular formula is C23H26ClN3O3. The van der Waals surface area contributed by atoms with Gasteiger partial charge >= 0.3 is 0 Å². The third-order valence-electron chi connectivity index (χ3n) is 5.04. The topological polar surface area (TPSA) is 61.9 Å². The number of piperazine rings is 1. The number of aryl methyl sites for hydroxylation is 1. The lowest BCUT2D eigenvalue weighted by atomic mass is 10.1. The lowest BCUT2D eigenvalue weighted by Gasteiger charge is -2.36. The molecule has 0 radical (unpaired) electrons. The molecule has 2 aromatic rings. The van der Waals surface area contributed by atoms with Crippen LogP contribution in [-0.4, -0.2) is 56.5 Å². The lowest BCUT2D eigenvalue weighted by Crippen LogP contribution is -2.51. The number of hydrogen-bond acceptors (Lipinski definition) is 4. The van der Waals surface area contributed by atoms with Crippen LogP contribution in [0.25, 0.3) is 6.08 Å². The van der Waals surface area contributed by atoms with E-state index in [1.165, 1.54) is 6.08 Å². The third kappa shape index (κ3) is 5.76. The molecule has 0 bridgehead atoms. The Morgan fingerprint density at radius 2 is 1.80 bits per heavy atom. The second kappa shape index (κ2) is 10.2. The minimum absolute atomic E-state index is 0.0188. The number of amides is 2. The normalized spacial score (nSPS) is 14.1. The number of carbonyl (C=O) groups excluding carboxylic acids is 2. The number of halogens is 1. The van der Waals surface area contributed by atoms with Crippen LogP contribution in [0.2, 0.25) is 5.02 Å². The minimum atomic E-state index is -0.313. The summed E-state index contributed by atoms with van der Waals surface area (Å²) in [5.74, 6) is 0.298. The molecule has 0 unspecified atom stereocenters. The maximum atomic E-state index is 12.4. The van der Waals surface area contributed by atoms with Crippen LogP contribution in [0.1, 0.15) is 11.1 Å². The maximum Gasteiger partial charge on any atom is 0.244 e. The molecule has 1 aliphatic rings. The van der Waals surface area contributed by atoms with Gasteiger partial charge in [0.05, 0.1) is 13.7 Å². The predicted octanol–water partition coefficient (Wildman–Crippen LogP) is 3.14. The summed E-state index contributed by atoms with van der Waals surface area (Å²) in [5.41, 5.74) is 2.98. The summed E-state index contributed by atoms with van der Waals surface area (Å²) < 4.78 is 5.30. The fourth-order valence-corrected chi connectivity index (χ4v) is 3.47. The average molecular weight is 428 g/mol. The molecule has 0 spiro atoms. The Morgan fingerprint density at radius 3 is 2.47 bits per heavy atom. The molecule has 0 atom stereocenters. The molecule has 1 aliphatic heterocycles. The van der Waals surface area contributed by atoms with E-state index >= 15 is 0 Å². The third-order valence-corrected chi connectivity index (χ3v) is 5.29. The van der Waals surface area contributed by atoms with Gasteiger partial charge in [0, 0.05) is 48.5 Å². The molecule has 0 saturated carbocycles. The first kappa shape index (κ1) is 21.7. The first-order chi connectivity index (χ1) is 14.5. The van der Waals surface area contributed by atoms with Crippen molar-refractivity contribution in [1.82, 2.24) is 10.2 Å². The number of benzene rings is 2. The first-order valence-corrected chi connectivity index (χ1v) is 10.2. The Kier molecular flexibility index (Phi) is 7.36. The zero-order valence-electron chi connectivity index (χ0n) is 17.2. The number of nitrogens with zero attached hydrogens (tertiary/aromatic N) is 2. The van der Waals surface area contributed by atoms with Crippen LogP contribution < -0.4 is 15.0 Å². The highest BCUT2D eigenvalue weighted by atomic mass is 35.5. The number of anilines is 1. The summed E-state index contributed by atoms with van der Waals surface area (Å²) in [4.78, 5) is 28.6. The second-order valence-electron chi connectivity index (χ2n) is 7.14. The van der Waals surface area contributed by atoms with Gasteiger partial charge in [-0.2, -0.15) is 0 Å². The monoisotopic (exact) mass is 427 g/mol. The quantitative estimate of drug-likeness (QED) is 0.719. The van der Waals surface area contributed by atoms with Gasteiger partial charge in [-0.3, -0.25) is 9.59 Å². The van der Waals surface area contributed by atoms with Crippen LogP contribution in [-0.2, 0) is 9.59 Å². The second-order valence-corrected chi connectivity index (χ2v) is 7.58. The maximum absolute atomic E-state index is 12.4. The van der Waals surface area contributed by atoms with Crippen LogP contribution in [0.5, 0.6) is 5.75 Å². The smallest absolute Gasteiger partial charge is 0.244 e. The van der Waals surface area contributed by atoms with Crippen LogP contribution in [0.3, 0.4) is 0 Å². The van der Waals surface area contributed by atoms with Crippen molar-refractivity contribution >= 4 is 35.2 Å². The standard InChI is InChI=1S/C23H26ClN3O3/c1-17-3-9-21(30-2)18(15-17)4-10-22(28)25-16-23(29)27-13-11-26(12-14-27)20-7-5-19(24)6-8-20/h3-10,15H,11-14,16H2,1-2H3,(H,25,28)/b10-4+. The van der Waals surface area contributed by atoms with Crippen molar-refractivity contribution < 1.29 is 14.3 Å². The Bertz CT molecular complexity index is 920. The summed E-state index contributed by atoms with van der Waals surface area (Å²) in [6.45, 7) is 4.68. The zero-order valence-corrected chi connectivity index (χ0v) is 18.0. The molecule has 30 heavy (non-hydrogen) atoms.